The van der Waals surface area contributed by atoms with E-state index in [4.69, 9.17) is 0 Å². The van der Waals surface area contributed by atoms with Crippen molar-refractivity contribution in [1.82, 2.24) is 9.55 Å². The first kappa shape index (κ1) is 8.10. The molecule has 3 heteroatoms. The molecule has 3 nitrogen and oxygen atoms in total. The predicted molar refractivity (Wildman–Crippen MR) is 55.0 cm³/mol. The molecule has 2 aromatic rings. The van der Waals surface area contributed by atoms with Gasteiger partial charge in [0.25, 0.3) is 0 Å². The molecule has 0 radical (unpaired) electrons. The lowest BCUT2D eigenvalue weighted by Gasteiger charge is -2.11. The van der Waals surface area contributed by atoms with E-state index in [0.29, 0.717) is 0 Å². The van der Waals surface area contributed by atoms with Gasteiger partial charge in [0.15, 0.2) is 0 Å². The Morgan fingerprint density at radius 3 is 2.77 bits per heavy atom. The van der Waals surface area contributed by atoms with Gasteiger partial charge in [-0.15, -0.1) is 0 Å². The number of fused-ring (bicyclic) bond motifs is 1. The third-order valence-corrected chi connectivity index (χ3v) is 2.23. The predicted octanol–water partition coefficient (Wildman–Crippen LogP) is 1.64. The maximum absolute atomic E-state index is 4.30. The zero-order valence-corrected chi connectivity index (χ0v) is 8.15. The SMILES string of the molecule is CN(C)c1ccc2c(c1)ncn2C. The minimum atomic E-state index is 1.05. The van der Waals surface area contributed by atoms with Crippen molar-refractivity contribution in [3.8, 4) is 0 Å². The standard InChI is InChI=1S/C10H13N3/c1-12(2)8-4-5-10-9(6-8)11-7-13(10)3/h4-7H,1-3H3. The summed E-state index contributed by atoms with van der Waals surface area (Å²) in [5.41, 5.74) is 3.41. The number of imidazole rings is 1. The molecule has 0 N–H and O–H groups in total. The van der Waals surface area contributed by atoms with Crippen molar-refractivity contribution in [2.75, 3.05) is 19.0 Å². The minimum Gasteiger partial charge on any atom is -0.378 e. The van der Waals surface area contributed by atoms with E-state index >= 15 is 0 Å². The quantitative estimate of drug-likeness (QED) is 0.657. The summed E-state index contributed by atoms with van der Waals surface area (Å²) >= 11 is 0. The highest BCUT2D eigenvalue weighted by Crippen LogP contribution is 2.18. The Labute approximate surface area is 77.6 Å². The average Bonchev–Trinajstić information content (AvgIpc) is 2.47. The van der Waals surface area contributed by atoms with E-state index < -0.39 is 0 Å². The van der Waals surface area contributed by atoms with E-state index in [1.165, 1.54) is 11.2 Å². The lowest BCUT2D eigenvalue weighted by molar-refractivity contribution is 0.947. The van der Waals surface area contributed by atoms with E-state index in [2.05, 4.69) is 28.1 Å². The van der Waals surface area contributed by atoms with Crippen LogP contribution in [0.4, 0.5) is 5.69 Å². The molecule has 0 spiro atoms. The summed E-state index contributed by atoms with van der Waals surface area (Å²) in [5, 5.41) is 0. The number of hydrogen-bond donors (Lipinski definition) is 0. The van der Waals surface area contributed by atoms with E-state index in [1.807, 2.05) is 32.0 Å². The Morgan fingerprint density at radius 2 is 2.08 bits per heavy atom. The van der Waals surface area contributed by atoms with Gasteiger partial charge >= 0.3 is 0 Å². The molecule has 1 heterocycles. The van der Waals surface area contributed by atoms with Gasteiger partial charge in [0.05, 0.1) is 17.4 Å². The van der Waals surface area contributed by atoms with E-state index in [-0.39, 0.29) is 0 Å². The van der Waals surface area contributed by atoms with Crippen LogP contribution in [0, 0.1) is 0 Å². The highest BCUT2D eigenvalue weighted by Gasteiger charge is 2.01. The van der Waals surface area contributed by atoms with Crippen molar-refractivity contribution in [2.45, 2.75) is 0 Å². The average molecular weight is 175 g/mol. The molecule has 1 aromatic heterocycles. The van der Waals surface area contributed by atoms with Crippen molar-refractivity contribution in [3.05, 3.63) is 24.5 Å². The fourth-order valence-corrected chi connectivity index (χ4v) is 1.40. The normalized spacial score (nSPS) is 10.7. The van der Waals surface area contributed by atoms with Crippen LogP contribution in [0.25, 0.3) is 11.0 Å². The van der Waals surface area contributed by atoms with Gasteiger partial charge in [0, 0.05) is 26.8 Å². The molecule has 68 valence electrons. The van der Waals surface area contributed by atoms with Gasteiger partial charge in [-0.1, -0.05) is 0 Å². The van der Waals surface area contributed by atoms with Crippen molar-refractivity contribution < 1.29 is 0 Å². The fraction of sp³-hybridized carbons (Fsp3) is 0.300. The summed E-state index contributed by atoms with van der Waals surface area (Å²) in [5.74, 6) is 0. The summed E-state index contributed by atoms with van der Waals surface area (Å²) < 4.78 is 2.02. The van der Waals surface area contributed by atoms with Gasteiger partial charge in [0.2, 0.25) is 0 Å². The summed E-state index contributed by atoms with van der Waals surface area (Å²) in [6.45, 7) is 0. The molecule has 0 fully saturated rings. The van der Waals surface area contributed by atoms with Crippen LogP contribution in [0.3, 0.4) is 0 Å². The zero-order valence-electron chi connectivity index (χ0n) is 8.15. The summed E-state index contributed by atoms with van der Waals surface area (Å²) in [4.78, 5) is 6.38. The van der Waals surface area contributed by atoms with E-state index in [9.17, 15) is 0 Å². The van der Waals surface area contributed by atoms with Crippen LogP contribution in [0.1, 0.15) is 0 Å². The van der Waals surface area contributed by atoms with Crippen LogP contribution >= 0.6 is 0 Å². The van der Waals surface area contributed by atoms with Crippen molar-refractivity contribution >= 4 is 16.7 Å². The van der Waals surface area contributed by atoms with Gasteiger partial charge in [-0.2, -0.15) is 0 Å². The zero-order chi connectivity index (χ0) is 9.42. The van der Waals surface area contributed by atoms with Gasteiger partial charge in [0.1, 0.15) is 0 Å². The van der Waals surface area contributed by atoms with Crippen LogP contribution in [0.5, 0.6) is 0 Å². The largest absolute Gasteiger partial charge is 0.378 e. The highest BCUT2D eigenvalue weighted by atomic mass is 15.1. The molecule has 0 unspecified atom stereocenters. The number of benzene rings is 1. The Morgan fingerprint density at radius 1 is 1.31 bits per heavy atom. The molecule has 13 heavy (non-hydrogen) atoms. The third kappa shape index (κ3) is 1.26. The van der Waals surface area contributed by atoms with Crippen LogP contribution in [-0.4, -0.2) is 23.6 Å². The van der Waals surface area contributed by atoms with Crippen molar-refractivity contribution in [3.63, 3.8) is 0 Å². The molecular formula is C10H13N3. The maximum atomic E-state index is 4.30. The van der Waals surface area contributed by atoms with Gasteiger partial charge in [-0.3, -0.25) is 0 Å². The van der Waals surface area contributed by atoms with E-state index in [1.54, 1.807) is 0 Å². The maximum Gasteiger partial charge on any atom is 0.0955 e. The second kappa shape index (κ2) is 2.76. The highest BCUT2D eigenvalue weighted by molar-refractivity contribution is 5.79. The number of rotatable bonds is 1. The summed E-state index contributed by atoms with van der Waals surface area (Å²) in [7, 11) is 6.07. The number of hydrogen-bond acceptors (Lipinski definition) is 2. The molecule has 0 amide bonds. The third-order valence-electron chi connectivity index (χ3n) is 2.23. The van der Waals surface area contributed by atoms with Crippen LogP contribution in [0.2, 0.25) is 0 Å². The number of aryl methyl sites for hydroxylation is 1. The summed E-state index contributed by atoms with van der Waals surface area (Å²) in [6.07, 6.45) is 1.84. The molecule has 0 saturated carbocycles. The number of anilines is 1. The Kier molecular flexibility index (Phi) is 1.72. The second-order valence-corrected chi connectivity index (χ2v) is 3.42. The van der Waals surface area contributed by atoms with Crippen molar-refractivity contribution in [1.29, 1.82) is 0 Å². The van der Waals surface area contributed by atoms with Gasteiger partial charge in [-0.05, 0) is 18.2 Å². The van der Waals surface area contributed by atoms with Gasteiger partial charge < -0.3 is 9.47 Å². The first-order valence-electron chi connectivity index (χ1n) is 4.27. The van der Waals surface area contributed by atoms with Crippen LogP contribution in [0.15, 0.2) is 24.5 Å². The topological polar surface area (TPSA) is 21.1 Å². The minimum absolute atomic E-state index is 1.05. The monoisotopic (exact) mass is 175 g/mol. The van der Waals surface area contributed by atoms with Crippen LogP contribution in [-0.2, 0) is 7.05 Å². The Bertz CT molecular complexity index is 429. The summed E-state index contributed by atoms with van der Waals surface area (Å²) in [6, 6.07) is 6.29. The first-order chi connectivity index (χ1) is 6.18. The number of aromatic nitrogens is 2. The lowest BCUT2D eigenvalue weighted by atomic mass is 10.2. The molecule has 1 aromatic carbocycles. The van der Waals surface area contributed by atoms with Gasteiger partial charge in [-0.25, -0.2) is 4.98 Å². The molecule has 0 saturated heterocycles. The van der Waals surface area contributed by atoms with Crippen molar-refractivity contribution in [2.24, 2.45) is 7.05 Å². The molecule has 2 rings (SSSR count). The lowest BCUT2D eigenvalue weighted by Crippen LogP contribution is -2.08. The fourth-order valence-electron chi connectivity index (χ4n) is 1.40. The molecule has 0 bridgehead atoms. The second-order valence-electron chi connectivity index (χ2n) is 3.42. The molecule has 0 aliphatic rings. The first-order valence-corrected chi connectivity index (χ1v) is 4.27. The smallest absolute Gasteiger partial charge is 0.0955 e. The van der Waals surface area contributed by atoms with E-state index in [0.717, 1.165) is 5.52 Å². The van der Waals surface area contributed by atoms with Crippen LogP contribution < -0.4 is 4.90 Å². The molecule has 0 aliphatic carbocycles. The number of nitrogens with zero attached hydrogens (tertiary/aromatic N) is 3. The molecule has 0 aliphatic heterocycles. The molecular weight excluding hydrogens is 162 g/mol. The Hall–Kier alpha value is -1.51. The molecule has 0 atom stereocenters. The Balaban J connectivity index is 2.63.